The van der Waals surface area contributed by atoms with Crippen LogP contribution in [0.1, 0.15) is 22.2 Å². The summed E-state index contributed by atoms with van der Waals surface area (Å²) in [6, 6.07) is 1.63. The number of methoxy groups -OCH3 is 1. The summed E-state index contributed by atoms with van der Waals surface area (Å²) in [5, 5.41) is 12.5. The molecule has 1 rings (SSSR count). The summed E-state index contributed by atoms with van der Waals surface area (Å²) in [4.78, 5) is 11.3. The van der Waals surface area contributed by atoms with Crippen molar-refractivity contribution in [2.75, 3.05) is 20.7 Å². The number of aliphatic hydroxyl groups excluding tert-OH is 1. The van der Waals surface area contributed by atoms with Gasteiger partial charge in [-0.15, -0.1) is 0 Å². The summed E-state index contributed by atoms with van der Waals surface area (Å²) >= 11 is 0. The maximum absolute atomic E-state index is 11.3. The zero-order chi connectivity index (χ0) is 11.4. The van der Waals surface area contributed by atoms with Crippen molar-refractivity contribution in [3.8, 4) is 0 Å². The van der Waals surface area contributed by atoms with Gasteiger partial charge in [-0.25, -0.2) is 4.79 Å². The fraction of sp³-hybridized carbons (Fsp3) is 0.500. The lowest BCUT2D eigenvalue weighted by atomic mass is 10.2. The predicted octanol–water partition coefficient (Wildman–Crippen LogP) is 0.0645. The maximum Gasteiger partial charge on any atom is 0.354 e. The van der Waals surface area contributed by atoms with Crippen molar-refractivity contribution in [1.29, 1.82) is 0 Å². The first-order valence-electron chi connectivity index (χ1n) is 4.67. The van der Waals surface area contributed by atoms with Crippen LogP contribution in [0.5, 0.6) is 0 Å². The maximum atomic E-state index is 11.3. The molecule has 0 aliphatic carbocycles. The standard InChI is InChI=1S/C10H16N2O3/c1-11-5-9(13)7-4-8(10(14)15-3)12(2)6-7/h4,6,9,11,13H,5H2,1-3H3. The van der Waals surface area contributed by atoms with Gasteiger partial charge in [0.05, 0.1) is 13.2 Å². The second-order valence-electron chi connectivity index (χ2n) is 3.33. The zero-order valence-electron chi connectivity index (χ0n) is 9.15. The van der Waals surface area contributed by atoms with Gasteiger partial charge in [-0.2, -0.15) is 0 Å². The number of likely N-dealkylation sites (N-methyl/N-ethyl adjacent to an activating group) is 1. The van der Waals surface area contributed by atoms with Crippen LogP contribution >= 0.6 is 0 Å². The molecule has 0 aromatic carbocycles. The minimum atomic E-state index is -0.611. The second kappa shape index (κ2) is 4.95. The van der Waals surface area contributed by atoms with Gasteiger partial charge in [-0.05, 0) is 13.1 Å². The number of rotatable bonds is 4. The van der Waals surface area contributed by atoms with E-state index >= 15 is 0 Å². The van der Waals surface area contributed by atoms with Crippen molar-refractivity contribution in [1.82, 2.24) is 9.88 Å². The first kappa shape index (κ1) is 11.7. The Balaban J connectivity index is 2.90. The summed E-state index contributed by atoms with van der Waals surface area (Å²) in [6.45, 7) is 0.449. The lowest BCUT2D eigenvalue weighted by Gasteiger charge is -2.06. The first-order chi connectivity index (χ1) is 7.10. The minimum absolute atomic E-state index is 0.402. The lowest BCUT2D eigenvalue weighted by Crippen LogP contribution is -2.16. The van der Waals surface area contributed by atoms with Crippen molar-refractivity contribution >= 4 is 5.97 Å². The average Bonchev–Trinajstić information content (AvgIpc) is 2.60. The van der Waals surface area contributed by atoms with Crippen molar-refractivity contribution in [2.24, 2.45) is 7.05 Å². The molecule has 1 aromatic rings. The Hall–Kier alpha value is -1.33. The lowest BCUT2D eigenvalue weighted by molar-refractivity contribution is 0.0590. The smallest absolute Gasteiger partial charge is 0.354 e. The number of carbonyl (C=O) groups excluding carboxylic acids is 1. The number of hydrogen-bond donors (Lipinski definition) is 2. The molecular formula is C10H16N2O3. The molecule has 5 nitrogen and oxygen atoms in total. The van der Waals surface area contributed by atoms with Gasteiger partial charge >= 0.3 is 5.97 Å². The molecule has 0 bridgehead atoms. The Morgan fingerprint density at radius 2 is 2.40 bits per heavy atom. The van der Waals surface area contributed by atoms with Crippen LogP contribution in [-0.2, 0) is 11.8 Å². The number of aryl methyl sites for hydroxylation is 1. The largest absolute Gasteiger partial charge is 0.464 e. The molecule has 0 spiro atoms. The molecule has 0 saturated carbocycles. The SMILES string of the molecule is CNCC(O)c1cc(C(=O)OC)n(C)c1. The Kier molecular flexibility index (Phi) is 3.88. The van der Waals surface area contributed by atoms with Gasteiger partial charge in [0.2, 0.25) is 0 Å². The van der Waals surface area contributed by atoms with Crippen LogP contribution in [0, 0.1) is 0 Å². The Morgan fingerprint density at radius 3 is 2.93 bits per heavy atom. The minimum Gasteiger partial charge on any atom is -0.464 e. The summed E-state index contributed by atoms with van der Waals surface area (Å²) in [6.07, 6.45) is 1.11. The number of ether oxygens (including phenoxy) is 1. The molecule has 15 heavy (non-hydrogen) atoms. The summed E-state index contributed by atoms with van der Waals surface area (Å²) < 4.78 is 6.25. The van der Waals surface area contributed by atoms with Gasteiger partial charge in [0.25, 0.3) is 0 Å². The van der Waals surface area contributed by atoms with Crippen LogP contribution in [0.4, 0.5) is 0 Å². The second-order valence-corrected chi connectivity index (χ2v) is 3.33. The van der Waals surface area contributed by atoms with E-state index in [0.717, 1.165) is 0 Å². The normalized spacial score (nSPS) is 12.5. The van der Waals surface area contributed by atoms with Crippen LogP contribution < -0.4 is 5.32 Å². The van der Waals surface area contributed by atoms with E-state index in [1.165, 1.54) is 7.11 Å². The van der Waals surface area contributed by atoms with Crippen LogP contribution in [0.2, 0.25) is 0 Å². The molecular weight excluding hydrogens is 196 g/mol. The van der Waals surface area contributed by atoms with Crippen LogP contribution in [-0.4, -0.2) is 36.3 Å². The van der Waals surface area contributed by atoms with Gasteiger partial charge in [0, 0.05) is 25.4 Å². The molecule has 5 heteroatoms. The highest BCUT2D eigenvalue weighted by atomic mass is 16.5. The molecule has 1 unspecified atom stereocenters. The number of aromatic nitrogens is 1. The molecule has 2 N–H and O–H groups in total. The number of nitrogens with one attached hydrogen (secondary N) is 1. The van der Waals surface area contributed by atoms with Crippen LogP contribution in [0.3, 0.4) is 0 Å². The molecule has 1 heterocycles. The van der Waals surface area contributed by atoms with Gasteiger partial charge < -0.3 is 19.7 Å². The van der Waals surface area contributed by atoms with Crippen molar-refractivity contribution in [3.05, 3.63) is 23.5 Å². The number of carbonyl (C=O) groups is 1. The van der Waals surface area contributed by atoms with Crippen LogP contribution in [0.15, 0.2) is 12.3 Å². The summed E-state index contributed by atoms with van der Waals surface area (Å²) in [5.41, 5.74) is 1.13. The van der Waals surface area contributed by atoms with Gasteiger partial charge in [-0.3, -0.25) is 0 Å². The molecule has 0 amide bonds. The average molecular weight is 212 g/mol. The number of hydrogen-bond acceptors (Lipinski definition) is 4. The Bertz CT molecular complexity index is 346. The fourth-order valence-corrected chi connectivity index (χ4v) is 1.39. The molecule has 0 fully saturated rings. The molecule has 0 aliphatic rings. The van der Waals surface area contributed by atoms with Crippen molar-refractivity contribution in [2.45, 2.75) is 6.10 Å². The number of nitrogens with zero attached hydrogens (tertiary/aromatic N) is 1. The number of aliphatic hydroxyl groups is 1. The molecule has 0 saturated heterocycles. The third kappa shape index (κ3) is 2.57. The fourth-order valence-electron chi connectivity index (χ4n) is 1.39. The highest BCUT2D eigenvalue weighted by Gasteiger charge is 2.15. The first-order valence-corrected chi connectivity index (χ1v) is 4.67. The molecule has 1 aromatic heterocycles. The van der Waals surface area contributed by atoms with Crippen molar-refractivity contribution < 1.29 is 14.6 Å². The highest BCUT2D eigenvalue weighted by Crippen LogP contribution is 2.16. The van der Waals surface area contributed by atoms with Gasteiger partial charge in [-0.1, -0.05) is 0 Å². The third-order valence-electron chi connectivity index (χ3n) is 2.20. The topological polar surface area (TPSA) is 63.5 Å². The van der Waals surface area contributed by atoms with E-state index in [1.54, 1.807) is 30.9 Å². The monoisotopic (exact) mass is 212 g/mol. The Morgan fingerprint density at radius 1 is 1.73 bits per heavy atom. The van der Waals surface area contributed by atoms with E-state index in [4.69, 9.17) is 0 Å². The van der Waals surface area contributed by atoms with E-state index in [0.29, 0.717) is 17.8 Å². The van der Waals surface area contributed by atoms with E-state index in [-0.39, 0.29) is 0 Å². The van der Waals surface area contributed by atoms with Gasteiger partial charge in [0.15, 0.2) is 0 Å². The highest BCUT2D eigenvalue weighted by molar-refractivity contribution is 5.87. The third-order valence-corrected chi connectivity index (χ3v) is 2.20. The molecule has 84 valence electrons. The van der Waals surface area contributed by atoms with E-state index in [1.807, 2.05) is 0 Å². The predicted molar refractivity (Wildman–Crippen MR) is 55.6 cm³/mol. The zero-order valence-corrected chi connectivity index (χ0v) is 9.15. The molecule has 1 atom stereocenters. The molecule has 0 radical (unpaired) electrons. The molecule has 0 aliphatic heterocycles. The quantitative estimate of drug-likeness (QED) is 0.693. The van der Waals surface area contributed by atoms with Crippen molar-refractivity contribution in [3.63, 3.8) is 0 Å². The van der Waals surface area contributed by atoms with E-state index < -0.39 is 12.1 Å². The van der Waals surface area contributed by atoms with Crippen LogP contribution in [0.25, 0.3) is 0 Å². The summed E-state index contributed by atoms with van der Waals surface area (Å²) in [5.74, 6) is -0.402. The Labute approximate surface area is 88.7 Å². The van der Waals surface area contributed by atoms with E-state index in [2.05, 4.69) is 10.1 Å². The number of esters is 1. The van der Waals surface area contributed by atoms with E-state index in [9.17, 15) is 9.90 Å². The summed E-state index contributed by atoms with van der Waals surface area (Å²) in [7, 11) is 4.83. The van der Waals surface area contributed by atoms with Gasteiger partial charge in [0.1, 0.15) is 5.69 Å².